The van der Waals surface area contributed by atoms with Crippen LogP contribution in [0.2, 0.25) is 0 Å². The standard InChI is InChI=1S/C20H27N5O2/c1-16-22-19(27-23-16)14-25-11-9-24(10-12-25)13-18(26)21-15-20(7-8-20)17-5-3-2-4-6-17/h2-6H,7-15H2,1H3,(H,21,26). The van der Waals surface area contributed by atoms with E-state index < -0.39 is 0 Å². The highest BCUT2D eigenvalue weighted by molar-refractivity contribution is 5.78. The molecule has 1 saturated heterocycles. The Hall–Kier alpha value is -2.25. The average molecular weight is 369 g/mol. The molecule has 4 rings (SSSR count). The number of rotatable bonds is 7. The molecule has 1 aromatic heterocycles. The summed E-state index contributed by atoms with van der Waals surface area (Å²) in [5.41, 5.74) is 1.51. The van der Waals surface area contributed by atoms with E-state index in [0.717, 1.165) is 45.6 Å². The molecule has 1 saturated carbocycles. The summed E-state index contributed by atoms with van der Waals surface area (Å²) >= 11 is 0. The van der Waals surface area contributed by atoms with Gasteiger partial charge in [0.15, 0.2) is 5.82 Å². The molecular formula is C20H27N5O2. The third-order valence-electron chi connectivity index (χ3n) is 5.62. The van der Waals surface area contributed by atoms with Gasteiger partial charge in [-0.25, -0.2) is 0 Å². The maximum Gasteiger partial charge on any atom is 0.240 e. The number of carbonyl (C=O) groups excluding carboxylic acids is 1. The number of nitrogens with one attached hydrogen (secondary N) is 1. The first kappa shape index (κ1) is 18.1. The maximum atomic E-state index is 12.4. The average Bonchev–Trinajstić information content (AvgIpc) is 3.38. The molecule has 1 amide bonds. The van der Waals surface area contributed by atoms with Crippen LogP contribution in [0, 0.1) is 6.92 Å². The van der Waals surface area contributed by atoms with Crippen molar-refractivity contribution < 1.29 is 9.32 Å². The summed E-state index contributed by atoms with van der Waals surface area (Å²) in [4.78, 5) is 21.1. The number of aromatic nitrogens is 2. The quantitative estimate of drug-likeness (QED) is 0.794. The summed E-state index contributed by atoms with van der Waals surface area (Å²) in [6.45, 7) is 7.29. The van der Waals surface area contributed by atoms with Gasteiger partial charge in [0.2, 0.25) is 11.8 Å². The molecule has 2 fully saturated rings. The van der Waals surface area contributed by atoms with E-state index in [-0.39, 0.29) is 11.3 Å². The predicted molar refractivity (Wildman–Crippen MR) is 101 cm³/mol. The molecule has 1 aromatic carbocycles. The zero-order valence-corrected chi connectivity index (χ0v) is 15.9. The smallest absolute Gasteiger partial charge is 0.240 e. The normalized spacial score (nSPS) is 19.7. The maximum absolute atomic E-state index is 12.4. The van der Waals surface area contributed by atoms with Crippen molar-refractivity contribution in [3.8, 4) is 0 Å². The first-order chi connectivity index (χ1) is 13.1. The largest absolute Gasteiger partial charge is 0.354 e. The third-order valence-corrected chi connectivity index (χ3v) is 5.62. The summed E-state index contributed by atoms with van der Waals surface area (Å²) < 4.78 is 5.18. The molecule has 0 radical (unpaired) electrons. The summed E-state index contributed by atoms with van der Waals surface area (Å²) in [5.74, 6) is 1.46. The van der Waals surface area contributed by atoms with Crippen LogP contribution in [-0.4, -0.2) is 65.1 Å². The van der Waals surface area contributed by atoms with Crippen LogP contribution < -0.4 is 5.32 Å². The molecule has 2 heterocycles. The number of nitrogens with zero attached hydrogens (tertiary/aromatic N) is 4. The number of amides is 1. The van der Waals surface area contributed by atoms with Crippen molar-refractivity contribution in [1.29, 1.82) is 0 Å². The molecule has 0 atom stereocenters. The van der Waals surface area contributed by atoms with E-state index in [1.165, 1.54) is 5.56 Å². The lowest BCUT2D eigenvalue weighted by Crippen LogP contribution is -2.49. The molecule has 0 unspecified atom stereocenters. The van der Waals surface area contributed by atoms with Crippen molar-refractivity contribution in [1.82, 2.24) is 25.3 Å². The number of hydrogen-bond donors (Lipinski definition) is 1. The van der Waals surface area contributed by atoms with Crippen LogP contribution in [0.3, 0.4) is 0 Å². The SMILES string of the molecule is Cc1noc(CN2CCN(CC(=O)NCC3(c4ccccc4)CC3)CC2)n1. The molecule has 2 aliphatic rings. The highest BCUT2D eigenvalue weighted by atomic mass is 16.5. The highest BCUT2D eigenvalue weighted by Crippen LogP contribution is 2.47. The van der Waals surface area contributed by atoms with Crippen LogP contribution in [0.1, 0.15) is 30.1 Å². The van der Waals surface area contributed by atoms with Crippen LogP contribution in [0.5, 0.6) is 0 Å². The van der Waals surface area contributed by atoms with Gasteiger partial charge < -0.3 is 9.84 Å². The van der Waals surface area contributed by atoms with E-state index in [2.05, 4.69) is 49.5 Å². The van der Waals surface area contributed by atoms with Gasteiger partial charge in [-0.2, -0.15) is 4.98 Å². The van der Waals surface area contributed by atoms with E-state index in [0.29, 0.717) is 24.8 Å². The topological polar surface area (TPSA) is 74.5 Å². The predicted octanol–water partition coefficient (Wildman–Crippen LogP) is 1.34. The van der Waals surface area contributed by atoms with E-state index in [1.807, 2.05) is 13.0 Å². The Bertz CT molecular complexity index is 764. The minimum Gasteiger partial charge on any atom is -0.354 e. The Balaban J connectivity index is 1.19. The second-order valence-electron chi connectivity index (χ2n) is 7.71. The Morgan fingerprint density at radius 2 is 1.85 bits per heavy atom. The van der Waals surface area contributed by atoms with Crippen molar-refractivity contribution in [2.24, 2.45) is 0 Å². The van der Waals surface area contributed by atoms with Crippen molar-refractivity contribution in [3.63, 3.8) is 0 Å². The Morgan fingerprint density at radius 3 is 2.48 bits per heavy atom. The summed E-state index contributed by atoms with van der Waals surface area (Å²) in [6.07, 6.45) is 2.32. The summed E-state index contributed by atoms with van der Waals surface area (Å²) in [6, 6.07) is 10.5. The van der Waals surface area contributed by atoms with Gasteiger partial charge in [-0.3, -0.25) is 14.6 Å². The fourth-order valence-electron chi connectivity index (χ4n) is 3.74. The number of benzene rings is 1. The van der Waals surface area contributed by atoms with Gasteiger partial charge in [-0.05, 0) is 25.3 Å². The molecule has 7 heteroatoms. The van der Waals surface area contributed by atoms with Crippen LogP contribution in [0.25, 0.3) is 0 Å². The lowest BCUT2D eigenvalue weighted by Gasteiger charge is -2.33. The Labute approximate surface area is 159 Å². The molecule has 1 aliphatic carbocycles. The van der Waals surface area contributed by atoms with Gasteiger partial charge in [0.05, 0.1) is 13.1 Å². The van der Waals surface area contributed by atoms with Crippen molar-refractivity contribution >= 4 is 5.91 Å². The second kappa shape index (κ2) is 7.78. The number of carbonyl (C=O) groups is 1. The van der Waals surface area contributed by atoms with E-state index in [4.69, 9.17) is 4.52 Å². The second-order valence-corrected chi connectivity index (χ2v) is 7.71. The zero-order chi connectivity index (χ0) is 18.7. The molecular weight excluding hydrogens is 342 g/mol. The molecule has 0 bridgehead atoms. The molecule has 2 aromatic rings. The number of aryl methyl sites for hydroxylation is 1. The van der Waals surface area contributed by atoms with E-state index >= 15 is 0 Å². The van der Waals surface area contributed by atoms with Crippen LogP contribution >= 0.6 is 0 Å². The molecule has 27 heavy (non-hydrogen) atoms. The van der Waals surface area contributed by atoms with Crippen LogP contribution in [-0.2, 0) is 16.8 Å². The zero-order valence-electron chi connectivity index (χ0n) is 15.9. The van der Waals surface area contributed by atoms with Gasteiger partial charge >= 0.3 is 0 Å². The first-order valence-electron chi connectivity index (χ1n) is 9.69. The van der Waals surface area contributed by atoms with Gasteiger partial charge in [0.25, 0.3) is 0 Å². The number of piperazine rings is 1. The summed E-state index contributed by atoms with van der Waals surface area (Å²) in [5, 5.41) is 6.99. The van der Waals surface area contributed by atoms with Crippen LogP contribution in [0.4, 0.5) is 0 Å². The molecule has 1 aliphatic heterocycles. The van der Waals surface area contributed by atoms with Gasteiger partial charge in [0, 0.05) is 38.1 Å². The lowest BCUT2D eigenvalue weighted by molar-refractivity contribution is -0.122. The fraction of sp³-hybridized carbons (Fsp3) is 0.550. The monoisotopic (exact) mass is 369 g/mol. The lowest BCUT2D eigenvalue weighted by atomic mass is 9.96. The van der Waals surface area contributed by atoms with E-state index in [1.54, 1.807) is 0 Å². The van der Waals surface area contributed by atoms with E-state index in [9.17, 15) is 4.79 Å². The minimum atomic E-state index is 0.123. The van der Waals surface area contributed by atoms with Crippen molar-refractivity contribution in [3.05, 3.63) is 47.6 Å². The minimum absolute atomic E-state index is 0.123. The van der Waals surface area contributed by atoms with Crippen LogP contribution in [0.15, 0.2) is 34.9 Å². The molecule has 1 N–H and O–H groups in total. The summed E-state index contributed by atoms with van der Waals surface area (Å²) in [7, 11) is 0. The first-order valence-corrected chi connectivity index (χ1v) is 9.69. The van der Waals surface area contributed by atoms with Crippen molar-refractivity contribution in [2.75, 3.05) is 39.3 Å². The van der Waals surface area contributed by atoms with Crippen molar-refractivity contribution in [2.45, 2.75) is 31.7 Å². The third kappa shape index (κ3) is 4.54. The Morgan fingerprint density at radius 1 is 1.15 bits per heavy atom. The molecule has 144 valence electrons. The molecule has 7 nitrogen and oxygen atoms in total. The highest BCUT2D eigenvalue weighted by Gasteiger charge is 2.44. The number of hydrogen-bond acceptors (Lipinski definition) is 6. The Kier molecular flexibility index (Phi) is 5.22. The van der Waals surface area contributed by atoms with Gasteiger partial charge in [-0.1, -0.05) is 35.5 Å². The fourth-order valence-corrected chi connectivity index (χ4v) is 3.74. The van der Waals surface area contributed by atoms with Gasteiger partial charge in [0.1, 0.15) is 0 Å². The van der Waals surface area contributed by atoms with Gasteiger partial charge in [-0.15, -0.1) is 0 Å². The molecule has 0 spiro atoms.